The topological polar surface area (TPSA) is 40.5 Å². The van der Waals surface area contributed by atoms with Crippen LogP contribution in [-0.4, -0.2) is 22.5 Å². The van der Waals surface area contributed by atoms with Crippen molar-refractivity contribution in [3.05, 3.63) is 51.7 Å². The number of rotatable bonds is 3. The molecule has 3 rings (SSSR count). The molecular weight excluding hydrogens is 270 g/mol. The van der Waals surface area contributed by atoms with E-state index in [4.69, 9.17) is 0 Å². The molecule has 0 saturated carbocycles. The van der Waals surface area contributed by atoms with Gasteiger partial charge in [0.15, 0.2) is 0 Å². The van der Waals surface area contributed by atoms with Crippen molar-refractivity contribution < 1.29 is 9.90 Å². The SMILES string of the molecule is O=C(CCc1cccs1)N1CCc2cc(O)ccc2C1. The fourth-order valence-corrected chi connectivity index (χ4v) is 3.30. The highest BCUT2D eigenvalue weighted by Gasteiger charge is 2.20. The predicted molar refractivity (Wildman–Crippen MR) is 79.9 cm³/mol. The first-order valence-electron chi connectivity index (χ1n) is 6.83. The number of carbonyl (C=O) groups is 1. The summed E-state index contributed by atoms with van der Waals surface area (Å²) in [6, 6.07) is 9.52. The monoisotopic (exact) mass is 287 g/mol. The summed E-state index contributed by atoms with van der Waals surface area (Å²) in [6.07, 6.45) is 2.23. The Kier molecular flexibility index (Phi) is 3.74. The smallest absolute Gasteiger partial charge is 0.223 e. The molecule has 0 unspecified atom stereocenters. The Hall–Kier alpha value is -1.81. The molecule has 1 aromatic carbocycles. The summed E-state index contributed by atoms with van der Waals surface area (Å²) in [5, 5.41) is 11.5. The van der Waals surface area contributed by atoms with Crippen molar-refractivity contribution in [3.63, 3.8) is 0 Å². The highest BCUT2D eigenvalue weighted by atomic mass is 32.1. The maximum Gasteiger partial charge on any atom is 0.223 e. The van der Waals surface area contributed by atoms with E-state index in [2.05, 4.69) is 6.07 Å². The molecule has 2 aromatic rings. The second kappa shape index (κ2) is 5.67. The van der Waals surface area contributed by atoms with Crippen LogP contribution in [0.25, 0.3) is 0 Å². The van der Waals surface area contributed by atoms with Gasteiger partial charge < -0.3 is 10.0 Å². The van der Waals surface area contributed by atoms with Crippen LogP contribution in [0.15, 0.2) is 35.7 Å². The third-order valence-electron chi connectivity index (χ3n) is 3.72. The number of aromatic hydroxyl groups is 1. The highest BCUT2D eigenvalue weighted by Crippen LogP contribution is 2.23. The van der Waals surface area contributed by atoms with Gasteiger partial charge in [-0.1, -0.05) is 12.1 Å². The van der Waals surface area contributed by atoms with Gasteiger partial charge in [0, 0.05) is 24.4 Å². The van der Waals surface area contributed by atoms with Crippen molar-refractivity contribution in [1.29, 1.82) is 0 Å². The third-order valence-corrected chi connectivity index (χ3v) is 4.66. The molecule has 104 valence electrons. The van der Waals surface area contributed by atoms with Crippen LogP contribution in [0.5, 0.6) is 5.75 Å². The summed E-state index contributed by atoms with van der Waals surface area (Å²) >= 11 is 1.70. The first kappa shape index (κ1) is 13.2. The van der Waals surface area contributed by atoms with E-state index in [1.807, 2.05) is 28.5 Å². The van der Waals surface area contributed by atoms with Gasteiger partial charge in [-0.25, -0.2) is 0 Å². The van der Waals surface area contributed by atoms with Crippen LogP contribution in [0.2, 0.25) is 0 Å². The first-order valence-corrected chi connectivity index (χ1v) is 7.71. The molecular formula is C16H17NO2S. The third kappa shape index (κ3) is 2.85. The number of aryl methyl sites for hydroxylation is 1. The van der Waals surface area contributed by atoms with Crippen LogP contribution in [0, 0.1) is 0 Å². The van der Waals surface area contributed by atoms with Crippen LogP contribution in [-0.2, 0) is 24.2 Å². The molecule has 0 fully saturated rings. The lowest BCUT2D eigenvalue weighted by molar-refractivity contribution is -0.132. The van der Waals surface area contributed by atoms with Gasteiger partial charge in [-0.15, -0.1) is 11.3 Å². The maximum atomic E-state index is 12.3. The lowest BCUT2D eigenvalue weighted by Gasteiger charge is -2.29. The van der Waals surface area contributed by atoms with E-state index < -0.39 is 0 Å². The van der Waals surface area contributed by atoms with Gasteiger partial charge in [-0.05, 0) is 47.5 Å². The van der Waals surface area contributed by atoms with Crippen molar-refractivity contribution in [1.82, 2.24) is 4.90 Å². The van der Waals surface area contributed by atoms with Crippen LogP contribution < -0.4 is 0 Å². The molecule has 20 heavy (non-hydrogen) atoms. The number of nitrogens with zero attached hydrogens (tertiary/aromatic N) is 1. The molecule has 2 heterocycles. The summed E-state index contributed by atoms with van der Waals surface area (Å²) in [5.41, 5.74) is 2.31. The van der Waals surface area contributed by atoms with Crippen LogP contribution >= 0.6 is 11.3 Å². The Morgan fingerprint density at radius 1 is 1.30 bits per heavy atom. The van der Waals surface area contributed by atoms with Gasteiger partial charge in [-0.3, -0.25) is 4.79 Å². The van der Waals surface area contributed by atoms with Crippen LogP contribution in [0.4, 0.5) is 0 Å². The molecule has 0 radical (unpaired) electrons. The summed E-state index contributed by atoms with van der Waals surface area (Å²) in [6.45, 7) is 1.42. The molecule has 1 N–H and O–H groups in total. The predicted octanol–water partition coefficient (Wildman–Crippen LogP) is 2.97. The highest BCUT2D eigenvalue weighted by molar-refractivity contribution is 7.09. The molecule has 0 atom stereocenters. The van der Waals surface area contributed by atoms with E-state index in [-0.39, 0.29) is 5.91 Å². The van der Waals surface area contributed by atoms with E-state index in [0.717, 1.165) is 30.5 Å². The Balaban J connectivity index is 1.61. The molecule has 1 aromatic heterocycles. The average Bonchev–Trinajstić information content (AvgIpc) is 2.97. The Morgan fingerprint density at radius 2 is 2.20 bits per heavy atom. The number of amides is 1. The second-order valence-electron chi connectivity index (χ2n) is 5.10. The van der Waals surface area contributed by atoms with Gasteiger partial charge in [0.1, 0.15) is 5.75 Å². The number of hydrogen-bond donors (Lipinski definition) is 1. The fourth-order valence-electron chi connectivity index (χ4n) is 2.60. The molecule has 0 spiro atoms. The molecule has 3 nitrogen and oxygen atoms in total. The maximum absolute atomic E-state index is 12.3. The number of phenols is 1. The van der Waals surface area contributed by atoms with Crippen molar-refractivity contribution in [2.75, 3.05) is 6.54 Å². The minimum atomic E-state index is 0.220. The quantitative estimate of drug-likeness (QED) is 0.943. The Bertz CT molecular complexity index is 607. The van der Waals surface area contributed by atoms with Gasteiger partial charge in [0.2, 0.25) is 5.91 Å². The van der Waals surface area contributed by atoms with E-state index in [0.29, 0.717) is 18.7 Å². The molecule has 0 bridgehead atoms. The number of thiophene rings is 1. The number of phenolic OH excluding ortho intramolecular Hbond substituents is 1. The average molecular weight is 287 g/mol. The lowest BCUT2D eigenvalue weighted by atomic mass is 9.99. The lowest BCUT2D eigenvalue weighted by Crippen LogP contribution is -2.36. The van der Waals surface area contributed by atoms with Crippen LogP contribution in [0.3, 0.4) is 0 Å². The van der Waals surface area contributed by atoms with E-state index in [9.17, 15) is 9.90 Å². The largest absolute Gasteiger partial charge is 0.508 e. The minimum absolute atomic E-state index is 0.220. The van der Waals surface area contributed by atoms with Crippen LogP contribution in [0.1, 0.15) is 22.4 Å². The number of fused-ring (bicyclic) bond motifs is 1. The molecule has 1 aliphatic heterocycles. The summed E-state index contributed by atoms with van der Waals surface area (Å²) in [5.74, 6) is 0.526. The standard InChI is InChI=1S/C16H17NO2S/c18-14-4-3-13-11-17(8-7-12(13)10-14)16(19)6-5-15-2-1-9-20-15/h1-4,9-10,18H,5-8,11H2. The second-order valence-corrected chi connectivity index (χ2v) is 6.13. The molecule has 0 saturated heterocycles. The minimum Gasteiger partial charge on any atom is -0.508 e. The van der Waals surface area contributed by atoms with E-state index in [1.165, 1.54) is 4.88 Å². The van der Waals surface area contributed by atoms with Crippen molar-refractivity contribution in [2.45, 2.75) is 25.8 Å². The van der Waals surface area contributed by atoms with Gasteiger partial charge in [0.05, 0.1) is 0 Å². The molecule has 0 aliphatic carbocycles. The van der Waals surface area contributed by atoms with Gasteiger partial charge in [0.25, 0.3) is 0 Å². The van der Waals surface area contributed by atoms with Crippen molar-refractivity contribution in [2.24, 2.45) is 0 Å². The molecule has 1 aliphatic rings. The van der Waals surface area contributed by atoms with Crippen molar-refractivity contribution >= 4 is 17.2 Å². The zero-order valence-electron chi connectivity index (χ0n) is 11.2. The van der Waals surface area contributed by atoms with E-state index >= 15 is 0 Å². The van der Waals surface area contributed by atoms with Crippen molar-refractivity contribution in [3.8, 4) is 5.75 Å². The zero-order valence-corrected chi connectivity index (χ0v) is 12.0. The summed E-state index contributed by atoms with van der Waals surface area (Å²) in [4.78, 5) is 15.4. The summed E-state index contributed by atoms with van der Waals surface area (Å²) < 4.78 is 0. The van der Waals surface area contributed by atoms with Gasteiger partial charge in [-0.2, -0.15) is 0 Å². The normalized spacial score (nSPS) is 14.1. The Labute approximate surface area is 122 Å². The number of hydrogen-bond acceptors (Lipinski definition) is 3. The molecule has 4 heteroatoms. The number of benzene rings is 1. The summed E-state index contributed by atoms with van der Waals surface area (Å²) in [7, 11) is 0. The van der Waals surface area contributed by atoms with Gasteiger partial charge >= 0.3 is 0 Å². The Morgan fingerprint density at radius 3 is 3.00 bits per heavy atom. The fraction of sp³-hybridized carbons (Fsp3) is 0.312. The first-order chi connectivity index (χ1) is 9.72. The number of carbonyl (C=O) groups excluding carboxylic acids is 1. The zero-order chi connectivity index (χ0) is 13.9. The van der Waals surface area contributed by atoms with E-state index in [1.54, 1.807) is 17.4 Å². The molecule has 1 amide bonds.